The van der Waals surface area contributed by atoms with Gasteiger partial charge in [-0.3, -0.25) is 19.5 Å². The summed E-state index contributed by atoms with van der Waals surface area (Å²) in [7, 11) is 0. The highest BCUT2D eigenvalue weighted by Gasteiger charge is 2.44. The van der Waals surface area contributed by atoms with Crippen LogP contribution >= 0.6 is 12.2 Å². The van der Waals surface area contributed by atoms with E-state index in [1.807, 2.05) is 6.07 Å². The molecule has 2 aliphatic heterocycles. The van der Waals surface area contributed by atoms with E-state index in [1.54, 1.807) is 16.0 Å². The third-order valence-electron chi connectivity index (χ3n) is 5.55. The normalized spacial score (nSPS) is 29.3. The lowest BCUT2D eigenvalue weighted by Gasteiger charge is -2.31. The summed E-state index contributed by atoms with van der Waals surface area (Å²) in [5.74, 6) is -1.41. The van der Waals surface area contributed by atoms with Crippen molar-refractivity contribution in [2.45, 2.75) is 44.3 Å². The summed E-state index contributed by atoms with van der Waals surface area (Å²) >= 11 is 5.15. The zero-order valence-corrected chi connectivity index (χ0v) is 16.1. The quantitative estimate of drug-likeness (QED) is 0.436. The Morgan fingerprint density at radius 1 is 1.15 bits per heavy atom. The molecule has 1 saturated carbocycles. The molecule has 3 fully saturated rings. The van der Waals surface area contributed by atoms with E-state index in [-0.39, 0.29) is 29.0 Å². The Balaban J connectivity index is 1.31. The molecule has 0 bridgehead atoms. The van der Waals surface area contributed by atoms with E-state index in [9.17, 15) is 9.59 Å². The molecule has 2 N–H and O–H groups in total. The lowest BCUT2D eigenvalue weighted by molar-refractivity contribution is -0.918. The molecule has 6 nitrogen and oxygen atoms in total. The van der Waals surface area contributed by atoms with Gasteiger partial charge in [0.15, 0.2) is 11.0 Å². The van der Waals surface area contributed by atoms with Crippen molar-refractivity contribution in [3.8, 4) is 0 Å². The number of carbonyl (C=O) groups excluding carboxylic acids is 2. The van der Waals surface area contributed by atoms with Gasteiger partial charge in [-0.1, -0.05) is 30.3 Å². The fraction of sp³-hybridized carbons (Fsp3) is 0.500. The SMILES string of the molecule is O=C1NC(=S)N(C2CC2)C(=O)C1C=NC1CC[NH+](Cc2ccccc2)CC1. The van der Waals surface area contributed by atoms with Crippen molar-refractivity contribution >= 4 is 35.4 Å². The van der Waals surface area contributed by atoms with Crippen LogP contribution in [-0.2, 0) is 16.1 Å². The van der Waals surface area contributed by atoms with Crippen molar-refractivity contribution in [2.24, 2.45) is 10.9 Å². The Labute approximate surface area is 164 Å². The molecule has 1 aromatic rings. The van der Waals surface area contributed by atoms with Crippen molar-refractivity contribution in [1.29, 1.82) is 0 Å². The minimum atomic E-state index is -0.841. The highest BCUT2D eigenvalue weighted by Crippen LogP contribution is 2.29. The number of aliphatic imine (C=N–C) groups is 1. The highest BCUT2D eigenvalue weighted by atomic mass is 32.1. The highest BCUT2D eigenvalue weighted by molar-refractivity contribution is 7.80. The molecular formula is C20H25N4O2S+. The molecular weight excluding hydrogens is 360 g/mol. The number of carbonyl (C=O) groups is 2. The van der Waals surface area contributed by atoms with Gasteiger partial charge in [0.05, 0.1) is 19.1 Å². The second kappa shape index (κ2) is 7.86. The van der Waals surface area contributed by atoms with Crippen molar-refractivity contribution in [3.63, 3.8) is 0 Å². The molecule has 27 heavy (non-hydrogen) atoms. The molecule has 1 aromatic carbocycles. The van der Waals surface area contributed by atoms with Crippen molar-refractivity contribution in [1.82, 2.24) is 10.2 Å². The number of nitrogens with one attached hydrogen (secondary N) is 2. The van der Waals surface area contributed by atoms with Gasteiger partial charge in [0.25, 0.3) is 0 Å². The third-order valence-corrected chi connectivity index (χ3v) is 5.85. The van der Waals surface area contributed by atoms with Crippen LogP contribution in [0.4, 0.5) is 0 Å². The van der Waals surface area contributed by atoms with Crippen LogP contribution in [0.5, 0.6) is 0 Å². The van der Waals surface area contributed by atoms with Gasteiger partial charge in [0, 0.05) is 30.7 Å². The summed E-state index contributed by atoms with van der Waals surface area (Å²) in [6.07, 6.45) is 5.42. The second-order valence-corrected chi connectivity index (χ2v) is 8.04. The number of benzene rings is 1. The Morgan fingerprint density at radius 2 is 1.85 bits per heavy atom. The first-order valence-corrected chi connectivity index (χ1v) is 10.1. The first-order valence-electron chi connectivity index (χ1n) is 9.70. The zero-order valence-electron chi connectivity index (χ0n) is 15.3. The minimum Gasteiger partial charge on any atom is -0.331 e. The van der Waals surface area contributed by atoms with Crippen LogP contribution < -0.4 is 10.2 Å². The number of hydrogen-bond donors (Lipinski definition) is 2. The molecule has 1 aliphatic carbocycles. The van der Waals surface area contributed by atoms with E-state index >= 15 is 0 Å². The Kier molecular flexibility index (Phi) is 5.31. The smallest absolute Gasteiger partial charge is 0.247 e. The first-order chi connectivity index (χ1) is 13.1. The summed E-state index contributed by atoms with van der Waals surface area (Å²) in [4.78, 5) is 32.6. The van der Waals surface area contributed by atoms with Crippen LogP contribution in [0, 0.1) is 5.92 Å². The van der Waals surface area contributed by atoms with Gasteiger partial charge in [0.2, 0.25) is 11.8 Å². The minimum absolute atomic E-state index is 0.159. The number of likely N-dealkylation sites (tertiary alicyclic amines) is 1. The topological polar surface area (TPSA) is 66.2 Å². The summed E-state index contributed by atoms with van der Waals surface area (Å²) in [6.45, 7) is 3.15. The predicted octanol–water partition coefficient (Wildman–Crippen LogP) is 0.327. The molecule has 2 saturated heterocycles. The maximum absolute atomic E-state index is 12.6. The number of thiocarbonyl (C=S) groups is 1. The Morgan fingerprint density at radius 3 is 2.52 bits per heavy atom. The van der Waals surface area contributed by atoms with Crippen LogP contribution in [0.2, 0.25) is 0 Å². The molecule has 7 heteroatoms. The summed E-state index contributed by atoms with van der Waals surface area (Å²) in [5, 5.41) is 2.90. The van der Waals surface area contributed by atoms with Crippen LogP contribution in [-0.4, -0.2) is 53.2 Å². The maximum atomic E-state index is 12.6. The van der Waals surface area contributed by atoms with Crippen LogP contribution in [0.1, 0.15) is 31.2 Å². The van der Waals surface area contributed by atoms with Gasteiger partial charge >= 0.3 is 0 Å². The Bertz CT molecular complexity index is 755. The van der Waals surface area contributed by atoms with E-state index in [4.69, 9.17) is 12.2 Å². The number of nitrogens with zero attached hydrogens (tertiary/aromatic N) is 2. The van der Waals surface area contributed by atoms with Crippen LogP contribution in [0.15, 0.2) is 35.3 Å². The Hall–Kier alpha value is -2.12. The number of amides is 2. The molecule has 1 atom stereocenters. The van der Waals surface area contributed by atoms with Gasteiger partial charge < -0.3 is 10.2 Å². The van der Waals surface area contributed by atoms with Crippen molar-refractivity contribution in [2.75, 3.05) is 13.1 Å². The molecule has 4 rings (SSSR count). The van der Waals surface area contributed by atoms with Crippen molar-refractivity contribution in [3.05, 3.63) is 35.9 Å². The van der Waals surface area contributed by atoms with Crippen molar-refractivity contribution < 1.29 is 14.5 Å². The van der Waals surface area contributed by atoms with Crippen LogP contribution in [0.25, 0.3) is 0 Å². The molecule has 3 aliphatic rings. The van der Waals surface area contributed by atoms with Gasteiger partial charge in [-0.05, 0) is 25.1 Å². The second-order valence-electron chi connectivity index (χ2n) is 7.65. The number of rotatable bonds is 5. The van der Waals surface area contributed by atoms with E-state index in [0.29, 0.717) is 0 Å². The third kappa shape index (κ3) is 4.25. The summed E-state index contributed by atoms with van der Waals surface area (Å²) in [6, 6.07) is 10.9. The summed E-state index contributed by atoms with van der Waals surface area (Å²) in [5.41, 5.74) is 1.36. The van der Waals surface area contributed by atoms with E-state index in [1.165, 1.54) is 5.56 Å². The predicted molar refractivity (Wildman–Crippen MR) is 106 cm³/mol. The van der Waals surface area contributed by atoms with E-state index < -0.39 is 5.92 Å². The zero-order chi connectivity index (χ0) is 18.8. The molecule has 0 radical (unpaired) electrons. The molecule has 1 unspecified atom stereocenters. The monoisotopic (exact) mass is 385 g/mol. The molecule has 0 spiro atoms. The lowest BCUT2D eigenvalue weighted by Crippen LogP contribution is -3.12. The first kappa shape index (κ1) is 18.3. The summed E-state index contributed by atoms with van der Waals surface area (Å²) < 4.78 is 0. The van der Waals surface area contributed by atoms with Gasteiger partial charge in [-0.15, -0.1) is 0 Å². The molecule has 0 aromatic heterocycles. The maximum Gasteiger partial charge on any atom is 0.247 e. The lowest BCUT2D eigenvalue weighted by atomic mass is 10.0. The molecule has 2 heterocycles. The van der Waals surface area contributed by atoms with E-state index in [0.717, 1.165) is 45.3 Å². The fourth-order valence-corrected chi connectivity index (χ4v) is 4.18. The largest absolute Gasteiger partial charge is 0.331 e. The fourth-order valence-electron chi connectivity index (χ4n) is 3.84. The van der Waals surface area contributed by atoms with Gasteiger partial charge in [-0.25, -0.2) is 0 Å². The number of quaternary nitrogens is 1. The standard InChI is InChI=1S/C20H24N4O2S/c25-18-17(19(26)24(16-6-7-16)20(27)22-18)12-21-15-8-10-23(11-9-15)13-14-4-2-1-3-5-14/h1-5,12,15-17H,6-11,13H2,(H,22,25,27)/p+1. The average molecular weight is 386 g/mol. The average Bonchev–Trinajstić information content (AvgIpc) is 3.48. The van der Waals surface area contributed by atoms with E-state index in [2.05, 4.69) is 34.6 Å². The van der Waals surface area contributed by atoms with Gasteiger partial charge in [-0.2, -0.15) is 0 Å². The van der Waals surface area contributed by atoms with Crippen LogP contribution in [0.3, 0.4) is 0 Å². The molecule has 142 valence electrons. The molecule has 2 amide bonds. The number of piperidine rings is 1. The van der Waals surface area contributed by atoms with Gasteiger partial charge in [0.1, 0.15) is 6.54 Å². The number of hydrogen-bond acceptors (Lipinski definition) is 4.